The smallest absolute Gasteiger partial charge is 0.271 e. The van der Waals surface area contributed by atoms with Gasteiger partial charge in [-0.1, -0.05) is 36.4 Å². The van der Waals surface area contributed by atoms with E-state index in [9.17, 15) is 9.59 Å². The van der Waals surface area contributed by atoms with Crippen molar-refractivity contribution in [2.45, 2.75) is 31.4 Å². The first-order valence-electron chi connectivity index (χ1n) is 8.23. The SMILES string of the molecule is C=CC1(NC(=O)C2=CC(=C=O)C=CN2OCc2ccccc2)CCC1. The largest absolute Gasteiger partial charge is 0.342 e. The number of amides is 1. The highest BCUT2D eigenvalue weighted by Gasteiger charge is 2.37. The van der Waals surface area contributed by atoms with Crippen LogP contribution in [0.15, 0.2) is 72.6 Å². The molecule has 1 saturated carbocycles. The summed E-state index contributed by atoms with van der Waals surface area (Å²) in [6.07, 6.45) is 9.15. The van der Waals surface area contributed by atoms with E-state index >= 15 is 0 Å². The average molecular weight is 336 g/mol. The number of hydrogen-bond acceptors (Lipinski definition) is 4. The fourth-order valence-corrected chi connectivity index (χ4v) is 2.78. The van der Waals surface area contributed by atoms with E-state index in [1.165, 1.54) is 11.1 Å². The van der Waals surface area contributed by atoms with Gasteiger partial charge in [0.05, 0.1) is 11.1 Å². The molecule has 1 aromatic carbocycles. The van der Waals surface area contributed by atoms with Crippen molar-refractivity contribution in [2.75, 3.05) is 0 Å². The Hall–Kier alpha value is -2.88. The quantitative estimate of drug-likeness (QED) is 0.641. The summed E-state index contributed by atoms with van der Waals surface area (Å²) >= 11 is 0. The second kappa shape index (κ2) is 7.34. The van der Waals surface area contributed by atoms with E-state index in [2.05, 4.69) is 11.9 Å². The molecule has 1 heterocycles. The van der Waals surface area contributed by atoms with Gasteiger partial charge in [-0.15, -0.1) is 6.58 Å². The van der Waals surface area contributed by atoms with Crippen molar-refractivity contribution in [1.29, 1.82) is 0 Å². The normalized spacial score (nSPS) is 18.0. The average Bonchev–Trinajstić information content (AvgIpc) is 2.63. The second-order valence-electron chi connectivity index (χ2n) is 6.16. The molecule has 0 atom stereocenters. The Morgan fingerprint density at radius 3 is 2.72 bits per heavy atom. The van der Waals surface area contributed by atoms with Crippen LogP contribution < -0.4 is 5.32 Å². The van der Waals surface area contributed by atoms with Crippen LogP contribution in [0.25, 0.3) is 0 Å². The monoisotopic (exact) mass is 336 g/mol. The summed E-state index contributed by atoms with van der Waals surface area (Å²) in [7, 11) is 0. The first-order chi connectivity index (χ1) is 12.2. The number of hydroxylamine groups is 2. The van der Waals surface area contributed by atoms with Gasteiger partial charge in [0, 0.05) is 6.20 Å². The topological polar surface area (TPSA) is 58.6 Å². The van der Waals surface area contributed by atoms with Crippen molar-refractivity contribution < 1.29 is 14.4 Å². The summed E-state index contributed by atoms with van der Waals surface area (Å²) < 4.78 is 0. The standard InChI is InChI=1S/C20H20N2O3/c1-2-20(10-6-11-20)21-19(24)18-13-17(14-23)9-12-22(18)25-15-16-7-4-3-5-8-16/h2-5,7-9,12-13H,1,6,10-11,15H2,(H,21,24). The van der Waals surface area contributed by atoms with E-state index in [-0.39, 0.29) is 17.1 Å². The third-order valence-corrected chi connectivity index (χ3v) is 4.48. The van der Waals surface area contributed by atoms with Crippen LogP contribution in [0.5, 0.6) is 0 Å². The molecule has 0 spiro atoms. The number of allylic oxidation sites excluding steroid dienone is 3. The van der Waals surface area contributed by atoms with Crippen LogP contribution in [0.4, 0.5) is 0 Å². The fraction of sp³-hybridized carbons (Fsp3) is 0.250. The molecule has 0 saturated heterocycles. The third-order valence-electron chi connectivity index (χ3n) is 4.48. The molecule has 1 aromatic rings. The minimum absolute atomic E-state index is 0.255. The Morgan fingerprint density at radius 1 is 1.36 bits per heavy atom. The number of hydrogen-bond donors (Lipinski definition) is 1. The van der Waals surface area contributed by atoms with Crippen LogP contribution in [0.3, 0.4) is 0 Å². The van der Waals surface area contributed by atoms with E-state index in [1.54, 1.807) is 18.4 Å². The van der Waals surface area contributed by atoms with Gasteiger partial charge in [0.2, 0.25) is 0 Å². The lowest BCUT2D eigenvalue weighted by Gasteiger charge is -2.40. The van der Waals surface area contributed by atoms with Gasteiger partial charge in [-0.05, 0) is 37.0 Å². The highest BCUT2D eigenvalue weighted by atomic mass is 16.7. The van der Waals surface area contributed by atoms with Gasteiger partial charge in [0.15, 0.2) is 0 Å². The Bertz CT molecular complexity index is 769. The summed E-state index contributed by atoms with van der Waals surface area (Å²) in [5, 5.41) is 4.39. The van der Waals surface area contributed by atoms with Gasteiger partial charge in [-0.25, -0.2) is 9.86 Å². The third kappa shape index (κ3) is 3.79. The molecule has 128 valence electrons. The van der Waals surface area contributed by atoms with Crippen LogP contribution >= 0.6 is 0 Å². The predicted molar refractivity (Wildman–Crippen MR) is 94.4 cm³/mol. The number of nitrogens with zero attached hydrogens (tertiary/aromatic N) is 1. The van der Waals surface area contributed by atoms with E-state index in [0.29, 0.717) is 12.2 Å². The molecule has 1 amide bonds. The highest BCUT2D eigenvalue weighted by molar-refractivity contribution is 5.95. The maximum Gasteiger partial charge on any atom is 0.271 e. The molecule has 0 radical (unpaired) electrons. The molecule has 1 aliphatic carbocycles. The number of nitrogens with one attached hydrogen (secondary N) is 1. The van der Waals surface area contributed by atoms with Gasteiger partial charge in [-0.2, -0.15) is 0 Å². The van der Waals surface area contributed by atoms with Crippen LogP contribution in [0.2, 0.25) is 0 Å². The van der Waals surface area contributed by atoms with Crippen molar-refractivity contribution in [3.05, 3.63) is 78.2 Å². The van der Waals surface area contributed by atoms with Crippen molar-refractivity contribution in [3.8, 4) is 0 Å². The van der Waals surface area contributed by atoms with Crippen LogP contribution in [-0.2, 0) is 21.0 Å². The zero-order valence-electron chi connectivity index (χ0n) is 13.9. The van der Waals surface area contributed by atoms with Gasteiger partial charge >= 0.3 is 0 Å². The Balaban J connectivity index is 1.74. The Labute approximate surface area is 146 Å². The molecule has 2 aliphatic rings. The fourth-order valence-electron chi connectivity index (χ4n) is 2.78. The summed E-state index contributed by atoms with van der Waals surface area (Å²) in [6.45, 7) is 4.13. The summed E-state index contributed by atoms with van der Waals surface area (Å²) in [5.74, 6) is 1.51. The number of carbonyl (C=O) groups is 1. The molecule has 1 fully saturated rings. The zero-order chi connectivity index (χ0) is 17.7. The van der Waals surface area contributed by atoms with Crippen molar-refractivity contribution >= 4 is 11.8 Å². The number of carbonyl (C=O) groups excluding carboxylic acids is 2. The zero-order valence-corrected chi connectivity index (χ0v) is 13.9. The summed E-state index contributed by atoms with van der Waals surface area (Å²) in [6, 6.07) is 9.65. The molecule has 1 aliphatic heterocycles. The van der Waals surface area contributed by atoms with Crippen molar-refractivity contribution in [2.24, 2.45) is 0 Å². The predicted octanol–water partition coefficient (Wildman–Crippen LogP) is 2.81. The minimum Gasteiger partial charge on any atom is -0.342 e. The van der Waals surface area contributed by atoms with E-state index in [1.807, 2.05) is 36.3 Å². The summed E-state index contributed by atoms with van der Waals surface area (Å²) in [5.41, 5.74) is 1.17. The molecule has 0 unspecified atom stereocenters. The van der Waals surface area contributed by atoms with Gasteiger partial charge in [0.1, 0.15) is 18.2 Å². The lowest BCUT2D eigenvalue weighted by Crippen LogP contribution is -2.53. The molecule has 0 aromatic heterocycles. The first-order valence-corrected chi connectivity index (χ1v) is 8.23. The van der Waals surface area contributed by atoms with Crippen LogP contribution in [0, 0.1) is 0 Å². The lowest BCUT2D eigenvalue weighted by molar-refractivity contribution is -0.136. The molecule has 3 rings (SSSR count). The minimum atomic E-state index is -0.366. The van der Waals surface area contributed by atoms with E-state index < -0.39 is 0 Å². The van der Waals surface area contributed by atoms with Crippen molar-refractivity contribution in [3.63, 3.8) is 0 Å². The van der Waals surface area contributed by atoms with Crippen LogP contribution in [-0.4, -0.2) is 22.5 Å². The van der Waals surface area contributed by atoms with E-state index in [4.69, 9.17) is 4.84 Å². The molecule has 0 bridgehead atoms. The molecule has 1 N–H and O–H groups in total. The first kappa shape index (κ1) is 17.0. The number of benzene rings is 1. The van der Waals surface area contributed by atoms with E-state index in [0.717, 1.165) is 24.8 Å². The van der Waals surface area contributed by atoms with Gasteiger partial charge < -0.3 is 5.32 Å². The second-order valence-corrected chi connectivity index (χ2v) is 6.16. The molecular formula is C20H20N2O3. The lowest BCUT2D eigenvalue weighted by atomic mass is 9.77. The van der Waals surface area contributed by atoms with Crippen LogP contribution in [0.1, 0.15) is 24.8 Å². The van der Waals surface area contributed by atoms with Gasteiger partial charge in [-0.3, -0.25) is 9.63 Å². The molecule has 5 nitrogen and oxygen atoms in total. The number of rotatable bonds is 6. The Morgan fingerprint density at radius 2 is 2.12 bits per heavy atom. The molecule has 25 heavy (non-hydrogen) atoms. The maximum absolute atomic E-state index is 12.7. The van der Waals surface area contributed by atoms with Crippen molar-refractivity contribution in [1.82, 2.24) is 10.4 Å². The maximum atomic E-state index is 12.7. The Kier molecular flexibility index (Phi) is 4.98. The molecular weight excluding hydrogens is 316 g/mol. The highest BCUT2D eigenvalue weighted by Crippen LogP contribution is 2.33. The molecule has 5 heteroatoms. The van der Waals surface area contributed by atoms with Gasteiger partial charge in [0.25, 0.3) is 5.91 Å². The summed E-state index contributed by atoms with van der Waals surface area (Å²) in [4.78, 5) is 29.4.